The minimum absolute atomic E-state index is 0.153. The SMILES string of the molecule is [C-]#[N+]c1c(-c2ccc(Cl)cc2)coc1NC=O. The van der Waals surface area contributed by atoms with Crippen LogP contribution in [0.5, 0.6) is 0 Å². The Balaban J connectivity index is 2.49. The molecule has 84 valence electrons. The first kappa shape index (κ1) is 11.2. The quantitative estimate of drug-likeness (QED) is 0.663. The number of nitrogens with zero attached hydrogens (tertiary/aromatic N) is 1. The minimum atomic E-state index is 0.153. The fourth-order valence-electron chi connectivity index (χ4n) is 1.45. The van der Waals surface area contributed by atoms with E-state index in [1.807, 2.05) is 0 Å². The number of amides is 1. The van der Waals surface area contributed by atoms with Crippen molar-refractivity contribution in [2.24, 2.45) is 0 Å². The Kier molecular flexibility index (Phi) is 3.12. The number of furan rings is 1. The highest BCUT2D eigenvalue weighted by Gasteiger charge is 2.14. The molecule has 1 aromatic heterocycles. The number of nitrogens with one attached hydrogen (secondary N) is 1. The van der Waals surface area contributed by atoms with Crippen LogP contribution in [0.15, 0.2) is 34.9 Å². The monoisotopic (exact) mass is 246 g/mol. The maximum Gasteiger partial charge on any atom is 0.256 e. The Hall–Kier alpha value is -2.25. The van der Waals surface area contributed by atoms with Crippen LogP contribution in [0.1, 0.15) is 0 Å². The summed E-state index contributed by atoms with van der Waals surface area (Å²) >= 11 is 5.79. The van der Waals surface area contributed by atoms with Crippen molar-refractivity contribution in [3.05, 3.63) is 47.0 Å². The van der Waals surface area contributed by atoms with Gasteiger partial charge in [-0.3, -0.25) is 4.79 Å². The first-order chi connectivity index (χ1) is 8.26. The number of rotatable bonds is 3. The summed E-state index contributed by atoms with van der Waals surface area (Å²) in [7, 11) is 0. The highest BCUT2D eigenvalue weighted by atomic mass is 35.5. The number of halogens is 1. The van der Waals surface area contributed by atoms with Crippen molar-refractivity contribution in [3.63, 3.8) is 0 Å². The third-order valence-corrected chi connectivity index (χ3v) is 2.47. The Morgan fingerprint density at radius 2 is 2.06 bits per heavy atom. The van der Waals surface area contributed by atoms with E-state index in [9.17, 15) is 4.79 Å². The van der Waals surface area contributed by atoms with E-state index in [1.165, 1.54) is 6.26 Å². The predicted octanol–water partition coefficient (Wildman–Crippen LogP) is 3.72. The predicted molar refractivity (Wildman–Crippen MR) is 65.1 cm³/mol. The Morgan fingerprint density at radius 1 is 1.35 bits per heavy atom. The van der Waals surface area contributed by atoms with E-state index in [4.69, 9.17) is 22.6 Å². The van der Waals surface area contributed by atoms with Crippen LogP contribution in [0, 0.1) is 6.57 Å². The molecule has 0 bridgehead atoms. The fourth-order valence-corrected chi connectivity index (χ4v) is 1.58. The zero-order chi connectivity index (χ0) is 12.3. The molecule has 1 N–H and O–H groups in total. The van der Waals surface area contributed by atoms with Gasteiger partial charge in [0, 0.05) is 10.6 Å². The third kappa shape index (κ3) is 2.14. The van der Waals surface area contributed by atoms with Gasteiger partial charge in [-0.15, -0.1) is 0 Å². The summed E-state index contributed by atoms with van der Waals surface area (Å²) in [6, 6.07) is 7.02. The second-order valence-electron chi connectivity index (χ2n) is 3.21. The van der Waals surface area contributed by atoms with Gasteiger partial charge in [0.2, 0.25) is 12.3 Å². The largest absolute Gasteiger partial charge is 0.459 e. The van der Waals surface area contributed by atoms with E-state index >= 15 is 0 Å². The Labute approximate surface area is 103 Å². The smallest absolute Gasteiger partial charge is 0.256 e. The Morgan fingerprint density at radius 3 is 2.65 bits per heavy atom. The van der Waals surface area contributed by atoms with Crippen LogP contribution < -0.4 is 5.32 Å². The number of carbonyl (C=O) groups excluding carboxylic acids is 1. The summed E-state index contributed by atoms with van der Waals surface area (Å²) in [6.07, 6.45) is 1.90. The van der Waals surface area contributed by atoms with Gasteiger partial charge in [0.1, 0.15) is 0 Å². The molecule has 2 aromatic rings. The molecule has 0 radical (unpaired) electrons. The van der Waals surface area contributed by atoms with Gasteiger partial charge in [0.25, 0.3) is 5.69 Å². The first-order valence-corrected chi connectivity index (χ1v) is 5.09. The molecule has 0 unspecified atom stereocenters. The number of benzene rings is 1. The van der Waals surface area contributed by atoms with Crippen molar-refractivity contribution < 1.29 is 9.21 Å². The molecule has 0 spiro atoms. The topological polar surface area (TPSA) is 46.6 Å². The molecule has 17 heavy (non-hydrogen) atoms. The lowest BCUT2D eigenvalue weighted by atomic mass is 10.1. The van der Waals surface area contributed by atoms with Crippen molar-refractivity contribution >= 4 is 29.6 Å². The molecule has 1 aromatic carbocycles. The number of carbonyl (C=O) groups is 1. The summed E-state index contributed by atoms with van der Waals surface area (Å²) in [6.45, 7) is 7.10. The molecule has 0 saturated heterocycles. The van der Waals surface area contributed by atoms with E-state index in [0.717, 1.165) is 5.56 Å². The molecule has 2 rings (SSSR count). The van der Waals surface area contributed by atoms with Crippen LogP contribution in [0.2, 0.25) is 5.02 Å². The molecule has 0 atom stereocenters. The highest BCUT2D eigenvalue weighted by molar-refractivity contribution is 6.30. The molecular weight excluding hydrogens is 240 g/mol. The van der Waals surface area contributed by atoms with Crippen molar-refractivity contribution in [1.29, 1.82) is 0 Å². The number of hydrogen-bond donors (Lipinski definition) is 1. The summed E-state index contributed by atoms with van der Waals surface area (Å²) in [5.74, 6) is 0.153. The van der Waals surface area contributed by atoms with Gasteiger partial charge < -0.3 is 9.73 Å². The second-order valence-corrected chi connectivity index (χ2v) is 3.64. The molecule has 0 aliphatic heterocycles. The lowest BCUT2D eigenvalue weighted by Gasteiger charge is -1.98. The van der Waals surface area contributed by atoms with Crippen molar-refractivity contribution in [2.45, 2.75) is 0 Å². The van der Waals surface area contributed by atoms with Crippen LogP contribution >= 0.6 is 11.6 Å². The van der Waals surface area contributed by atoms with Crippen LogP contribution in [-0.4, -0.2) is 6.41 Å². The van der Waals surface area contributed by atoms with Crippen LogP contribution in [0.4, 0.5) is 11.6 Å². The average molecular weight is 247 g/mol. The van der Waals surface area contributed by atoms with Crippen LogP contribution in [-0.2, 0) is 4.79 Å². The van der Waals surface area contributed by atoms with Crippen molar-refractivity contribution in [3.8, 4) is 11.1 Å². The molecule has 1 amide bonds. The first-order valence-electron chi connectivity index (χ1n) is 4.71. The maximum atomic E-state index is 10.3. The van der Waals surface area contributed by atoms with E-state index in [0.29, 0.717) is 17.0 Å². The van der Waals surface area contributed by atoms with Gasteiger partial charge in [-0.05, 0) is 17.7 Å². The molecule has 1 heterocycles. The normalized spacial score (nSPS) is 9.65. The lowest BCUT2D eigenvalue weighted by molar-refractivity contribution is -0.105. The van der Waals surface area contributed by atoms with E-state index < -0.39 is 0 Å². The highest BCUT2D eigenvalue weighted by Crippen LogP contribution is 2.38. The van der Waals surface area contributed by atoms with Crippen LogP contribution in [0.3, 0.4) is 0 Å². The van der Waals surface area contributed by atoms with Crippen molar-refractivity contribution in [2.75, 3.05) is 5.32 Å². The molecule has 4 nitrogen and oxygen atoms in total. The van der Waals surface area contributed by atoms with Gasteiger partial charge in [-0.2, -0.15) is 0 Å². The van der Waals surface area contributed by atoms with Gasteiger partial charge in [0.05, 0.1) is 12.8 Å². The third-order valence-electron chi connectivity index (χ3n) is 2.22. The zero-order valence-electron chi connectivity index (χ0n) is 8.61. The average Bonchev–Trinajstić information content (AvgIpc) is 2.73. The molecule has 0 aliphatic rings. The lowest BCUT2D eigenvalue weighted by Crippen LogP contribution is -1.90. The van der Waals surface area contributed by atoms with Crippen molar-refractivity contribution in [1.82, 2.24) is 0 Å². The Bertz CT molecular complexity index is 582. The number of anilines is 1. The summed E-state index contributed by atoms with van der Waals surface area (Å²) < 4.78 is 5.12. The molecule has 0 fully saturated rings. The summed E-state index contributed by atoms with van der Waals surface area (Å²) in [5, 5.41) is 2.96. The molecule has 5 heteroatoms. The zero-order valence-corrected chi connectivity index (χ0v) is 9.36. The number of hydrogen-bond acceptors (Lipinski definition) is 2. The van der Waals surface area contributed by atoms with E-state index in [2.05, 4.69) is 10.2 Å². The maximum absolute atomic E-state index is 10.3. The van der Waals surface area contributed by atoms with E-state index in [-0.39, 0.29) is 11.6 Å². The van der Waals surface area contributed by atoms with Crippen LogP contribution in [0.25, 0.3) is 16.0 Å². The van der Waals surface area contributed by atoms with Gasteiger partial charge in [0.15, 0.2) is 0 Å². The summed E-state index contributed by atoms with van der Waals surface area (Å²) in [5.41, 5.74) is 1.71. The van der Waals surface area contributed by atoms with Gasteiger partial charge in [-0.25, -0.2) is 4.85 Å². The summed E-state index contributed by atoms with van der Waals surface area (Å²) in [4.78, 5) is 13.7. The standard InChI is InChI=1S/C12H7ClN2O2/c1-14-11-10(6-17-12(11)15-7-16)8-2-4-9(13)5-3-8/h2-7H,(H,15,16). The fraction of sp³-hybridized carbons (Fsp3) is 0. The van der Waals surface area contributed by atoms with E-state index in [1.54, 1.807) is 24.3 Å². The van der Waals surface area contributed by atoms with Gasteiger partial charge >= 0.3 is 0 Å². The minimum Gasteiger partial charge on any atom is -0.459 e. The molecular formula is C12H7ClN2O2. The molecule has 0 saturated carbocycles. The second kappa shape index (κ2) is 4.73. The van der Waals surface area contributed by atoms with Gasteiger partial charge in [-0.1, -0.05) is 23.7 Å². The molecule has 0 aliphatic carbocycles.